The number of amides is 1. The van der Waals surface area contributed by atoms with Crippen molar-refractivity contribution in [1.29, 1.82) is 0 Å². The van der Waals surface area contributed by atoms with Crippen LogP contribution >= 0.6 is 0 Å². The number of likely N-dealkylation sites (N-methyl/N-ethyl adjacent to an activating group) is 1. The normalized spacial score (nSPS) is 22.2. The van der Waals surface area contributed by atoms with Crippen LogP contribution in [0.15, 0.2) is 4.99 Å². The van der Waals surface area contributed by atoms with Gasteiger partial charge in [0.2, 0.25) is 5.91 Å². The van der Waals surface area contributed by atoms with Crippen molar-refractivity contribution in [2.24, 2.45) is 10.9 Å². The minimum atomic E-state index is -4.39. The third-order valence-electron chi connectivity index (χ3n) is 4.32. The molecular weight excluding hydrogens is 321 g/mol. The minimum absolute atomic E-state index is 0.299. The van der Waals surface area contributed by atoms with Gasteiger partial charge in [0.25, 0.3) is 0 Å². The second kappa shape index (κ2) is 9.74. The van der Waals surface area contributed by atoms with E-state index in [4.69, 9.17) is 0 Å². The minimum Gasteiger partial charge on any atom is -0.357 e. The van der Waals surface area contributed by atoms with Gasteiger partial charge in [0.05, 0.1) is 0 Å². The molecule has 0 atom stereocenters. The molecule has 2 N–H and O–H groups in total. The molecule has 0 aliphatic heterocycles. The monoisotopic (exact) mass is 350 g/mol. The number of aliphatic imine (C=N–C) groups is 1. The van der Waals surface area contributed by atoms with E-state index in [1.54, 1.807) is 0 Å². The summed E-state index contributed by atoms with van der Waals surface area (Å²) in [5, 5.41) is 6.33. The van der Waals surface area contributed by atoms with Crippen LogP contribution in [-0.2, 0) is 4.79 Å². The van der Waals surface area contributed by atoms with Crippen LogP contribution in [0.2, 0.25) is 0 Å². The number of guanidine groups is 1. The Bertz CT molecular complexity index is 418. The van der Waals surface area contributed by atoms with E-state index in [9.17, 15) is 18.0 Å². The Balaban J connectivity index is 2.51. The first-order valence-corrected chi connectivity index (χ1v) is 8.60. The van der Waals surface area contributed by atoms with E-state index < -0.39 is 18.6 Å². The first-order valence-electron chi connectivity index (χ1n) is 8.60. The van der Waals surface area contributed by atoms with Crippen LogP contribution in [0, 0.1) is 5.92 Å². The van der Waals surface area contributed by atoms with Crippen molar-refractivity contribution in [3.05, 3.63) is 0 Å². The van der Waals surface area contributed by atoms with Gasteiger partial charge in [-0.3, -0.25) is 4.79 Å². The molecule has 24 heavy (non-hydrogen) atoms. The summed E-state index contributed by atoms with van der Waals surface area (Å²) in [6.07, 6.45) is 1.23. The van der Waals surface area contributed by atoms with Gasteiger partial charge in [-0.25, -0.2) is 4.99 Å². The maximum absolute atomic E-state index is 12.3. The molecular formula is C16H29F3N4O. The number of hydrogen-bond acceptors (Lipinski definition) is 2. The number of nitrogens with zero attached hydrogens (tertiary/aromatic N) is 2. The predicted molar refractivity (Wildman–Crippen MR) is 88.8 cm³/mol. The Hall–Kier alpha value is -1.47. The van der Waals surface area contributed by atoms with Crippen LogP contribution < -0.4 is 10.6 Å². The Kier molecular flexibility index (Phi) is 8.35. The summed E-state index contributed by atoms with van der Waals surface area (Å²) in [5.41, 5.74) is 0. The van der Waals surface area contributed by atoms with Gasteiger partial charge in [-0.1, -0.05) is 13.3 Å². The van der Waals surface area contributed by atoms with E-state index in [1.165, 1.54) is 19.3 Å². The SMILES string of the molecule is CCNC(=NCC(=O)N(C)CC(F)(F)F)NC1CCC(CC)CC1. The van der Waals surface area contributed by atoms with Gasteiger partial charge in [0, 0.05) is 19.6 Å². The van der Waals surface area contributed by atoms with E-state index in [1.807, 2.05) is 6.92 Å². The largest absolute Gasteiger partial charge is 0.406 e. The fourth-order valence-corrected chi connectivity index (χ4v) is 2.85. The number of halogens is 3. The molecule has 0 saturated heterocycles. The van der Waals surface area contributed by atoms with Crippen molar-refractivity contribution in [2.75, 3.05) is 26.7 Å². The third kappa shape index (κ3) is 7.88. The van der Waals surface area contributed by atoms with E-state index in [-0.39, 0.29) is 6.54 Å². The summed E-state index contributed by atoms with van der Waals surface area (Å²) in [7, 11) is 1.14. The molecule has 0 spiro atoms. The van der Waals surface area contributed by atoms with E-state index in [2.05, 4.69) is 22.5 Å². The zero-order chi connectivity index (χ0) is 18.2. The molecule has 0 unspecified atom stereocenters. The molecule has 0 aromatic rings. The van der Waals surface area contributed by atoms with Gasteiger partial charge < -0.3 is 15.5 Å². The highest BCUT2D eigenvalue weighted by atomic mass is 19.4. The summed E-state index contributed by atoms with van der Waals surface area (Å²) in [4.78, 5) is 16.6. The van der Waals surface area contributed by atoms with Crippen LogP contribution in [0.3, 0.4) is 0 Å². The lowest BCUT2D eigenvalue weighted by Gasteiger charge is -2.29. The summed E-state index contributed by atoms with van der Waals surface area (Å²) >= 11 is 0. The highest BCUT2D eigenvalue weighted by molar-refractivity contribution is 5.85. The highest BCUT2D eigenvalue weighted by Gasteiger charge is 2.31. The molecule has 0 aromatic carbocycles. The number of rotatable bonds is 6. The summed E-state index contributed by atoms with van der Waals surface area (Å²) in [6.45, 7) is 3.18. The second-order valence-corrected chi connectivity index (χ2v) is 6.33. The Labute approximate surface area is 142 Å². The summed E-state index contributed by atoms with van der Waals surface area (Å²) in [6, 6.07) is 0.300. The van der Waals surface area contributed by atoms with Crippen LogP contribution in [-0.4, -0.2) is 55.7 Å². The molecule has 0 heterocycles. The molecule has 0 radical (unpaired) electrons. The quantitative estimate of drug-likeness (QED) is 0.572. The van der Waals surface area contributed by atoms with Crippen molar-refractivity contribution < 1.29 is 18.0 Å². The van der Waals surface area contributed by atoms with Crippen molar-refractivity contribution in [3.63, 3.8) is 0 Å². The van der Waals surface area contributed by atoms with Crippen molar-refractivity contribution in [2.45, 2.75) is 58.2 Å². The van der Waals surface area contributed by atoms with E-state index in [0.29, 0.717) is 23.4 Å². The van der Waals surface area contributed by atoms with Gasteiger partial charge in [-0.2, -0.15) is 13.2 Å². The lowest BCUT2D eigenvalue weighted by molar-refractivity contribution is -0.157. The number of alkyl halides is 3. The second-order valence-electron chi connectivity index (χ2n) is 6.33. The summed E-state index contributed by atoms with van der Waals surface area (Å²) < 4.78 is 36.9. The van der Waals surface area contributed by atoms with Gasteiger partial charge in [0.15, 0.2) is 5.96 Å². The fraction of sp³-hybridized carbons (Fsp3) is 0.875. The Morgan fingerprint density at radius 1 is 1.21 bits per heavy atom. The van der Waals surface area contributed by atoms with Gasteiger partial charge >= 0.3 is 6.18 Å². The first-order chi connectivity index (χ1) is 11.2. The van der Waals surface area contributed by atoms with Crippen LogP contribution in [0.5, 0.6) is 0 Å². The maximum atomic E-state index is 12.3. The van der Waals surface area contributed by atoms with E-state index >= 15 is 0 Å². The van der Waals surface area contributed by atoms with Gasteiger partial charge in [-0.15, -0.1) is 0 Å². The molecule has 1 rings (SSSR count). The standard InChI is InChI=1S/C16H29F3N4O/c1-4-12-6-8-13(9-7-12)22-15(20-5-2)21-10-14(24)23(3)11-16(17,18)19/h12-13H,4-11H2,1-3H3,(H2,20,21,22). The third-order valence-corrected chi connectivity index (χ3v) is 4.32. The zero-order valence-corrected chi connectivity index (χ0v) is 14.7. The number of hydrogen-bond donors (Lipinski definition) is 2. The fourth-order valence-electron chi connectivity index (χ4n) is 2.85. The molecule has 1 amide bonds. The maximum Gasteiger partial charge on any atom is 0.406 e. The van der Waals surface area contributed by atoms with Crippen LogP contribution in [0.25, 0.3) is 0 Å². The first kappa shape index (κ1) is 20.6. The van der Waals surface area contributed by atoms with Crippen LogP contribution in [0.1, 0.15) is 46.0 Å². The molecule has 1 aliphatic carbocycles. The van der Waals surface area contributed by atoms with Crippen molar-refractivity contribution in [1.82, 2.24) is 15.5 Å². The van der Waals surface area contributed by atoms with Crippen LogP contribution in [0.4, 0.5) is 13.2 Å². The average Bonchev–Trinajstić information content (AvgIpc) is 2.51. The molecule has 1 fully saturated rings. The van der Waals surface area contributed by atoms with Crippen molar-refractivity contribution in [3.8, 4) is 0 Å². The zero-order valence-electron chi connectivity index (χ0n) is 14.7. The smallest absolute Gasteiger partial charge is 0.357 e. The van der Waals surface area contributed by atoms with E-state index in [0.717, 1.165) is 25.8 Å². The number of carbonyl (C=O) groups excluding carboxylic acids is 1. The highest BCUT2D eigenvalue weighted by Crippen LogP contribution is 2.26. The summed E-state index contributed by atoms with van der Waals surface area (Å²) in [5.74, 6) is 0.616. The lowest BCUT2D eigenvalue weighted by Crippen LogP contribution is -2.45. The van der Waals surface area contributed by atoms with Gasteiger partial charge in [-0.05, 0) is 38.5 Å². The van der Waals surface area contributed by atoms with Gasteiger partial charge in [0.1, 0.15) is 13.1 Å². The van der Waals surface area contributed by atoms with Crippen molar-refractivity contribution >= 4 is 11.9 Å². The Morgan fingerprint density at radius 3 is 2.33 bits per heavy atom. The molecule has 140 valence electrons. The lowest BCUT2D eigenvalue weighted by atomic mass is 9.84. The Morgan fingerprint density at radius 2 is 1.83 bits per heavy atom. The molecule has 5 nitrogen and oxygen atoms in total. The number of nitrogens with one attached hydrogen (secondary N) is 2. The molecule has 8 heteroatoms. The average molecular weight is 350 g/mol. The number of carbonyl (C=O) groups is 1. The predicted octanol–water partition coefficient (Wildman–Crippen LogP) is 2.53. The molecule has 0 aromatic heterocycles. The molecule has 0 bridgehead atoms. The molecule has 1 saturated carbocycles. The topological polar surface area (TPSA) is 56.7 Å². The molecule has 1 aliphatic rings.